The molecule has 0 aromatic carbocycles. The van der Waals surface area contributed by atoms with E-state index in [1.54, 1.807) is 11.3 Å². The summed E-state index contributed by atoms with van der Waals surface area (Å²) in [5.74, 6) is 0.103. The molecule has 1 unspecified atom stereocenters. The first kappa shape index (κ1) is 13.5. The monoisotopic (exact) mass is 258 g/mol. The molecule has 1 heterocycles. The molecule has 0 aliphatic carbocycles. The van der Waals surface area contributed by atoms with E-state index >= 15 is 0 Å². The highest BCUT2D eigenvalue weighted by molar-refractivity contribution is 8.02. The molecule has 0 radical (unpaired) electrons. The van der Waals surface area contributed by atoms with Crippen LogP contribution in [-0.2, 0) is 4.79 Å². The number of thioether (sulfide) groups is 1. The van der Waals surface area contributed by atoms with Gasteiger partial charge in [-0.2, -0.15) is 0 Å². The second-order valence-electron chi connectivity index (χ2n) is 3.66. The zero-order valence-corrected chi connectivity index (χ0v) is 11.6. The molecule has 0 bridgehead atoms. The number of hydrogen-bond acceptors (Lipinski definition) is 4. The quantitative estimate of drug-likeness (QED) is 0.630. The lowest BCUT2D eigenvalue weighted by Gasteiger charge is -2.09. The Morgan fingerprint density at radius 1 is 1.69 bits per heavy atom. The number of thiazole rings is 1. The molecular weight excluding hydrogens is 240 g/mol. The molecule has 0 saturated carbocycles. The number of carbonyl (C=O) groups is 1. The van der Waals surface area contributed by atoms with Crippen molar-refractivity contribution in [2.24, 2.45) is 0 Å². The van der Waals surface area contributed by atoms with Crippen LogP contribution in [0.25, 0.3) is 0 Å². The fourth-order valence-corrected chi connectivity index (χ4v) is 3.13. The van der Waals surface area contributed by atoms with Crippen LogP contribution in [0.5, 0.6) is 0 Å². The summed E-state index contributed by atoms with van der Waals surface area (Å²) in [6, 6.07) is 0. The maximum absolute atomic E-state index is 11.7. The first-order valence-electron chi connectivity index (χ1n) is 5.50. The summed E-state index contributed by atoms with van der Waals surface area (Å²) in [5, 5.41) is 4.86. The van der Waals surface area contributed by atoms with Gasteiger partial charge in [0.2, 0.25) is 5.91 Å². The normalized spacial score (nSPS) is 12.4. The van der Waals surface area contributed by atoms with Gasteiger partial charge in [0.15, 0.2) is 4.34 Å². The predicted octanol–water partition coefficient (Wildman–Crippen LogP) is 2.85. The van der Waals surface area contributed by atoms with Gasteiger partial charge in [-0.15, -0.1) is 11.3 Å². The average molecular weight is 258 g/mol. The molecule has 0 saturated heterocycles. The van der Waals surface area contributed by atoms with Crippen LogP contribution in [0.15, 0.2) is 9.72 Å². The Labute approximate surface area is 105 Å². The number of rotatable bonds is 6. The van der Waals surface area contributed by atoms with Gasteiger partial charge in [-0.05, 0) is 20.3 Å². The van der Waals surface area contributed by atoms with E-state index in [4.69, 9.17) is 0 Å². The van der Waals surface area contributed by atoms with Crippen molar-refractivity contribution in [1.29, 1.82) is 0 Å². The van der Waals surface area contributed by atoms with E-state index in [0.29, 0.717) is 0 Å². The fourth-order valence-electron chi connectivity index (χ4n) is 1.12. The second-order valence-corrected chi connectivity index (χ2v) is 6.11. The number of carbonyl (C=O) groups excluding carboxylic acids is 1. The molecule has 16 heavy (non-hydrogen) atoms. The SMILES string of the molecule is CCCCNC(=O)C(C)Sc1nc(C)cs1. The number of aromatic nitrogens is 1. The largest absolute Gasteiger partial charge is 0.355 e. The lowest BCUT2D eigenvalue weighted by Crippen LogP contribution is -2.31. The molecule has 0 fully saturated rings. The van der Waals surface area contributed by atoms with E-state index in [0.717, 1.165) is 29.4 Å². The summed E-state index contributed by atoms with van der Waals surface area (Å²) < 4.78 is 0.968. The lowest BCUT2D eigenvalue weighted by atomic mass is 10.3. The molecule has 0 spiro atoms. The third kappa shape index (κ3) is 4.53. The van der Waals surface area contributed by atoms with Gasteiger partial charge < -0.3 is 5.32 Å². The number of hydrogen-bond donors (Lipinski definition) is 1. The molecule has 1 N–H and O–H groups in total. The Bertz CT molecular complexity index is 338. The molecule has 3 nitrogen and oxygen atoms in total. The summed E-state index contributed by atoms with van der Waals surface area (Å²) >= 11 is 3.12. The average Bonchev–Trinajstić information content (AvgIpc) is 2.64. The Kier molecular flexibility index (Phi) is 5.84. The van der Waals surface area contributed by atoms with Crippen LogP contribution >= 0.6 is 23.1 Å². The van der Waals surface area contributed by atoms with Gasteiger partial charge >= 0.3 is 0 Å². The molecule has 1 aromatic rings. The molecule has 90 valence electrons. The van der Waals surface area contributed by atoms with E-state index in [1.165, 1.54) is 11.8 Å². The number of unbranched alkanes of at least 4 members (excludes halogenated alkanes) is 1. The van der Waals surface area contributed by atoms with Gasteiger partial charge in [-0.3, -0.25) is 4.79 Å². The van der Waals surface area contributed by atoms with E-state index in [-0.39, 0.29) is 11.2 Å². The number of amides is 1. The highest BCUT2D eigenvalue weighted by Crippen LogP contribution is 2.26. The van der Waals surface area contributed by atoms with Crippen molar-refractivity contribution < 1.29 is 4.79 Å². The topological polar surface area (TPSA) is 42.0 Å². The van der Waals surface area contributed by atoms with Crippen molar-refractivity contribution in [1.82, 2.24) is 10.3 Å². The van der Waals surface area contributed by atoms with Crippen LogP contribution in [-0.4, -0.2) is 22.7 Å². The predicted molar refractivity (Wildman–Crippen MR) is 70.1 cm³/mol. The van der Waals surface area contributed by atoms with E-state index < -0.39 is 0 Å². The third-order valence-corrected chi connectivity index (χ3v) is 4.26. The van der Waals surface area contributed by atoms with Crippen molar-refractivity contribution in [3.63, 3.8) is 0 Å². The Morgan fingerprint density at radius 3 is 3.00 bits per heavy atom. The van der Waals surface area contributed by atoms with Gasteiger partial charge in [0.25, 0.3) is 0 Å². The van der Waals surface area contributed by atoms with Crippen LogP contribution in [0.2, 0.25) is 0 Å². The molecular formula is C11H18N2OS2. The molecule has 0 aliphatic rings. The fraction of sp³-hybridized carbons (Fsp3) is 0.636. The lowest BCUT2D eigenvalue weighted by molar-refractivity contribution is -0.120. The van der Waals surface area contributed by atoms with E-state index in [9.17, 15) is 4.79 Å². The van der Waals surface area contributed by atoms with Gasteiger partial charge in [0.1, 0.15) is 0 Å². The zero-order chi connectivity index (χ0) is 12.0. The zero-order valence-electron chi connectivity index (χ0n) is 9.95. The van der Waals surface area contributed by atoms with Crippen molar-refractivity contribution in [2.75, 3.05) is 6.54 Å². The molecule has 1 atom stereocenters. The van der Waals surface area contributed by atoms with Crippen LogP contribution < -0.4 is 5.32 Å². The summed E-state index contributed by atoms with van der Waals surface area (Å²) in [5.41, 5.74) is 1.02. The van der Waals surface area contributed by atoms with Crippen molar-refractivity contribution in [3.05, 3.63) is 11.1 Å². The minimum Gasteiger partial charge on any atom is -0.355 e. The Balaban J connectivity index is 2.34. The van der Waals surface area contributed by atoms with Crippen LogP contribution in [0.3, 0.4) is 0 Å². The smallest absolute Gasteiger partial charge is 0.233 e. The van der Waals surface area contributed by atoms with Gasteiger partial charge in [-0.25, -0.2) is 4.98 Å². The van der Waals surface area contributed by atoms with Gasteiger partial charge in [0, 0.05) is 17.6 Å². The molecule has 0 aliphatic heterocycles. The minimum atomic E-state index is -0.0672. The molecule has 1 aromatic heterocycles. The molecule has 5 heteroatoms. The summed E-state index contributed by atoms with van der Waals surface area (Å²) in [6.45, 7) is 6.77. The van der Waals surface area contributed by atoms with Gasteiger partial charge in [-0.1, -0.05) is 25.1 Å². The first-order valence-corrected chi connectivity index (χ1v) is 7.26. The first-order chi connectivity index (χ1) is 7.63. The van der Waals surface area contributed by atoms with Crippen molar-refractivity contribution >= 4 is 29.0 Å². The minimum absolute atomic E-state index is 0.0672. The summed E-state index contributed by atoms with van der Waals surface area (Å²) in [7, 11) is 0. The third-order valence-electron chi connectivity index (χ3n) is 2.07. The Morgan fingerprint density at radius 2 is 2.44 bits per heavy atom. The maximum Gasteiger partial charge on any atom is 0.233 e. The van der Waals surface area contributed by atoms with E-state index in [2.05, 4.69) is 17.2 Å². The molecule has 1 amide bonds. The van der Waals surface area contributed by atoms with Crippen LogP contribution in [0.4, 0.5) is 0 Å². The number of nitrogens with zero attached hydrogens (tertiary/aromatic N) is 1. The highest BCUT2D eigenvalue weighted by Gasteiger charge is 2.15. The van der Waals surface area contributed by atoms with Crippen LogP contribution in [0, 0.1) is 6.92 Å². The van der Waals surface area contributed by atoms with Crippen molar-refractivity contribution in [2.45, 2.75) is 43.2 Å². The standard InChI is InChI=1S/C11H18N2OS2/c1-4-5-6-12-10(14)9(3)16-11-13-8(2)7-15-11/h7,9H,4-6H2,1-3H3,(H,12,14). The molecule has 1 rings (SSSR count). The van der Waals surface area contributed by atoms with Crippen molar-refractivity contribution in [3.8, 4) is 0 Å². The van der Waals surface area contributed by atoms with E-state index in [1.807, 2.05) is 19.2 Å². The highest BCUT2D eigenvalue weighted by atomic mass is 32.2. The maximum atomic E-state index is 11.7. The van der Waals surface area contributed by atoms with Gasteiger partial charge in [0.05, 0.1) is 5.25 Å². The number of aryl methyl sites for hydroxylation is 1. The Hall–Kier alpha value is -0.550. The summed E-state index contributed by atoms with van der Waals surface area (Å²) in [4.78, 5) is 16.0. The van der Waals surface area contributed by atoms with Crippen LogP contribution in [0.1, 0.15) is 32.4 Å². The number of nitrogens with one attached hydrogen (secondary N) is 1. The second kappa shape index (κ2) is 6.91. The summed E-state index contributed by atoms with van der Waals surface area (Å²) in [6.07, 6.45) is 2.15.